The smallest absolute Gasteiger partial charge is 0.288 e. The first-order valence-corrected chi connectivity index (χ1v) is 9.67. The highest BCUT2D eigenvalue weighted by Crippen LogP contribution is 2.37. The van der Waals surface area contributed by atoms with Gasteiger partial charge in [0, 0.05) is 24.1 Å². The summed E-state index contributed by atoms with van der Waals surface area (Å²) >= 11 is 0. The lowest BCUT2D eigenvalue weighted by Crippen LogP contribution is -2.31. The number of rotatable bonds is 3. The maximum Gasteiger partial charge on any atom is 0.336 e. The molecule has 138 valence electrons. The molecule has 0 unspecified atom stereocenters. The molecular weight excluding hydrogens is 336 g/mol. The van der Waals surface area contributed by atoms with Gasteiger partial charge in [-0.1, -0.05) is 79.9 Å². The molecule has 0 spiro atoms. The van der Waals surface area contributed by atoms with E-state index in [0.717, 1.165) is 42.5 Å². The molecule has 1 aromatic heterocycles. The summed E-state index contributed by atoms with van der Waals surface area (Å²) in [5.41, 5.74) is 3.20. The van der Waals surface area contributed by atoms with E-state index in [1.54, 1.807) is 0 Å². The van der Waals surface area contributed by atoms with Gasteiger partial charge in [-0.05, 0) is 12.8 Å². The monoisotopic (exact) mass is 360 g/mol. The lowest BCUT2D eigenvalue weighted by molar-refractivity contribution is 0.0933. The van der Waals surface area contributed by atoms with Gasteiger partial charge in [0.1, 0.15) is 0 Å². The molecule has 0 radical (unpaired) electrons. The predicted octanol–water partition coefficient (Wildman–Crippen LogP) is 5.15. The fraction of sp³-hybridized carbons (Fsp3) is 0.304. The largest absolute Gasteiger partial charge is 0.336 e. The molecule has 1 heterocycles. The topological polar surface area (TPSA) is 44.0 Å². The molecule has 4 rings (SSSR count). The number of hydrogen-bond donors (Lipinski definition) is 0. The zero-order chi connectivity index (χ0) is 18.8. The fourth-order valence-corrected chi connectivity index (χ4v) is 4.22. The standard InChI is InChI=1S/C23H24N2O2/c1-17(26)24-21(18-11-5-2-6-12-18)22(19-13-7-3-8-14-19)25(23(24)27)20-15-9-4-10-16-20/h2-3,5-8,11-14,20H,4,9-10,15-16H2,1H3. The third kappa shape index (κ3) is 3.16. The summed E-state index contributed by atoms with van der Waals surface area (Å²) in [6, 6.07) is 19.9. The molecule has 0 atom stereocenters. The van der Waals surface area contributed by atoms with Gasteiger partial charge >= 0.3 is 5.69 Å². The minimum absolute atomic E-state index is 0.143. The van der Waals surface area contributed by atoms with E-state index in [0.29, 0.717) is 5.69 Å². The van der Waals surface area contributed by atoms with Gasteiger partial charge in [0.25, 0.3) is 0 Å². The SMILES string of the molecule is CC(=O)n1c(-c2ccccc2)c(-c2ccccc2)n(C2CCCCC2)c1=O. The van der Waals surface area contributed by atoms with Gasteiger partial charge in [-0.15, -0.1) is 0 Å². The molecule has 0 bridgehead atoms. The Balaban J connectivity index is 2.07. The summed E-state index contributed by atoms with van der Waals surface area (Å²) in [7, 11) is 0. The third-order valence-electron chi connectivity index (χ3n) is 5.44. The van der Waals surface area contributed by atoms with Crippen LogP contribution in [0.15, 0.2) is 65.5 Å². The number of nitrogens with zero attached hydrogens (tertiary/aromatic N) is 2. The van der Waals surface area contributed by atoms with E-state index in [1.165, 1.54) is 17.9 Å². The second-order valence-electron chi connectivity index (χ2n) is 7.23. The highest BCUT2D eigenvalue weighted by molar-refractivity contribution is 5.88. The number of hydrogen-bond acceptors (Lipinski definition) is 2. The van der Waals surface area contributed by atoms with Crippen molar-refractivity contribution in [1.82, 2.24) is 9.13 Å². The molecule has 1 saturated carbocycles. The minimum atomic E-state index is -0.245. The summed E-state index contributed by atoms with van der Waals surface area (Å²) in [4.78, 5) is 25.9. The third-order valence-corrected chi connectivity index (χ3v) is 5.44. The van der Waals surface area contributed by atoms with E-state index >= 15 is 0 Å². The predicted molar refractivity (Wildman–Crippen MR) is 108 cm³/mol. The molecule has 1 aliphatic carbocycles. The van der Waals surface area contributed by atoms with Crippen LogP contribution in [0.5, 0.6) is 0 Å². The zero-order valence-electron chi connectivity index (χ0n) is 15.6. The van der Waals surface area contributed by atoms with Gasteiger partial charge in [0.05, 0.1) is 11.4 Å². The second-order valence-corrected chi connectivity index (χ2v) is 7.23. The Labute approximate surface area is 159 Å². The molecule has 1 fully saturated rings. The van der Waals surface area contributed by atoms with E-state index in [1.807, 2.05) is 65.2 Å². The van der Waals surface area contributed by atoms with E-state index in [4.69, 9.17) is 0 Å². The molecule has 0 amide bonds. The maximum absolute atomic E-state index is 13.4. The lowest BCUT2D eigenvalue weighted by Gasteiger charge is -2.24. The quantitative estimate of drug-likeness (QED) is 0.648. The van der Waals surface area contributed by atoms with E-state index in [9.17, 15) is 9.59 Å². The van der Waals surface area contributed by atoms with E-state index in [2.05, 4.69) is 0 Å². The summed E-state index contributed by atoms with van der Waals surface area (Å²) in [6.07, 6.45) is 5.42. The van der Waals surface area contributed by atoms with Gasteiger partial charge in [-0.25, -0.2) is 9.36 Å². The van der Waals surface area contributed by atoms with E-state index in [-0.39, 0.29) is 17.6 Å². The number of aromatic nitrogens is 2. The second kappa shape index (κ2) is 7.39. The normalized spacial score (nSPS) is 15.0. The Kier molecular flexibility index (Phi) is 4.80. The molecule has 4 nitrogen and oxygen atoms in total. The molecule has 27 heavy (non-hydrogen) atoms. The van der Waals surface area contributed by atoms with Crippen molar-refractivity contribution >= 4 is 5.91 Å². The summed E-state index contributed by atoms with van der Waals surface area (Å²) < 4.78 is 3.24. The first-order chi connectivity index (χ1) is 13.2. The Bertz CT molecular complexity index is 994. The Hall–Kier alpha value is -2.88. The van der Waals surface area contributed by atoms with Gasteiger partial charge in [-0.2, -0.15) is 0 Å². The van der Waals surface area contributed by atoms with Crippen LogP contribution in [0.25, 0.3) is 22.5 Å². The average Bonchev–Trinajstić information content (AvgIpc) is 3.03. The minimum Gasteiger partial charge on any atom is -0.288 e. The Morgan fingerprint density at radius 3 is 1.85 bits per heavy atom. The van der Waals surface area contributed by atoms with Crippen molar-refractivity contribution in [2.75, 3.05) is 0 Å². The molecule has 1 aliphatic rings. The number of imidazole rings is 1. The van der Waals surface area contributed by atoms with Crippen LogP contribution in [0, 0.1) is 0 Å². The fourth-order valence-electron chi connectivity index (χ4n) is 4.22. The number of carbonyl (C=O) groups is 1. The highest BCUT2D eigenvalue weighted by atomic mass is 16.2. The van der Waals surface area contributed by atoms with Crippen LogP contribution in [0.4, 0.5) is 0 Å². The van der Waals surface area contributed by atoms with Gasteiger partial charge < -0.3 is 0 Å². The maximum atomic E-state index is 13.4. The Morgan fingerprint density at radius 1 is 0.815 bits per heavy atom. The molecule has 0 N–H and O–H groups in total. The number of benzene rings is 2. The van der Waals surface area contributed by atoms with Crippen molar-refractivity contribution in [3.63, 3.8) is 0 Å². The van der Waals surface area contributed by atoms with Gasteiger partial charge in [-0.3, -0.25) is 9.36 Å². The van der Waals surface area contributed by atoms with Gasteiger partial charge in [0.2, 0.25) is 5.91 Å². The number of carbonyl (C=O) groups excluding carboxylic acids is 1. The van der Waals surface area contributed by atoms with Crippen LogP contribution in [-0.2, 0) is 0 Å². The van der Waals surface area contributed by atoms with Crippen LogP contribution < -0.4 is 5.69 Å². The van der Waals surface area contributed by atoms with Crippen LogP contribution in [0.1, 0.15) is 49.9 Å². The average molecular weight is 360 g/mol. The van der Waals surface area contributed by atoms with Crippen molar-refractivity contribution < 1.29 is 4.79 Å². The molecule has 0 saturated heterocycles. The summed E-state index contributed by atoms with van der Waals surface area (Å²) in [5, 5.41) is 0. The molecule has 4 heteroatoms. The summed E-state index contributed by atoms with van der Waals surface area (Å²) in [6.45, 7) is 1.47. The van der Waals surface area contributed by atoms with Crippen molar-refractivity contribution in [1.29, 1.82) is 0 Å². The van der Waals surface area contributed by atoms with Crippen molar-refractivity contribution in [2.45, 2.75) is 45.1 Å². The van der Waals surface area contributed by atoms with Crippen LogP contribution in [-0.4, -0.2) is 15.0 Å². The first-order valence-electron chi connectivity index (χ1n) is 9.67. The van der Waals surface area contributed by atoms with Crippen LogP contribution >= 0.6 is 0 Å². The van der Waals surface area contributed by atoms with E-state index < -0.39 is 0 Å². The molecular formula is C23H24N2O2. The molecule has 0 aliphatic heterocycles. The molecule has 2 aromatic carbocycles. The lowest BCUT2D eigenvalue weighted by atomic mass is 9.94. The Morgan fingerprint density at radius 2 is 1.33 bits per heavy atom. The van der Waals surface area contributed by atoms with Crippen molar-refractivity contribution in [2.24, 2.45) is 0 Å². The van der Waals surface area contributed by atoms with Crippen LogP contribution in [0.3, 0.4) is 0 Å². The zero-order valence-corrected chi connectivity index (χ0v) is 15.6. The van der Waals surface area contributed by atoms with Crippen molar-refractivity contribution in [3.05, 3.63) is 71.1 Å². The molecule has 3 aromatic rings. The summed E-state index contributed by atoms with van der Waals surface area (Å²) in [5.74, 6) is -0.245. The van der Waals surface area contributed by atoms with Crippen LogP contribution in [0.2, 0.25) is 0 Å². The highest BCUT2D eigenvalue weighted by Gasteiger charge is 2.29. The van der Waals surface area contributed by atoms with Gasteiger partial charge in [0.15, 0.2) is 0 Å². The first kappa shape index (κ1) is 17.5. The van der Waals surface area contributed by atoms with Crippen molar-refractivity contribution in [3.8, 4) is 22.5 Å².